The number of ether oxygens (including phenoxy) is 1. The van der Waals surface area contributed by atoms with Gasteiger partial charge < -0.3 is 15.4 Å². The third-order valence-electron chi connectivity index (χ3n) is 3.55. The Morgan fingerprint density at radius 2 is 1.94 bits per heavy atom. The molecule has 92 valence electrons. The molecule has 2 aliphatic rings. The summed E-state index contributed by atoms with van der Waals surface area (Å²) in [6.45, 7) is 2.02. The Balaban J connectivity index is 1.96. The fraction of sp³-hybridized carbons (Fsp3) is 0.500. The highest BCUT2D eigenvalue weighted by Crippen LogP contribution is 2.37. The second kappa shape index (κ2) is 3.84. The number of nitrogens with one attached hydrogen (secondary N) is 2. The van der Waals surface area contributed by atoms with Crippen molar-refractivity contribution in [1.29, 1.82) is 0 Å². The SMILES string of the molecule is Fc1ccc2c(c1F)NC1(CCOCC1)CN2. The molecule has 1 saturated heterocycles. The summed E-state index contributed by atoms with van der Waals surface area (Å²) >= 11 is 0. The summed E-state index contributed by atoms with van der Waals surface area (Å²) in [6.07, 6.45) is 1.60. The summed E-state index contributed by atoms with van der Waals surface area (Å²) in [6, 6.07) is 2.71. The molecular weight excluding hydrogens is 226 g/mol. The highest BCUT2D eigenvalue weighted by Gasteiger charge is 2.37. The molecule has 0 radical (unpaired) electrons. The van der Waals surface area contributed by atoms with Gasteiger partial charge >= 0.3 is 0 Å². The van der Waals surface area contributed by atoms with E-state index in [0.717, 1.165) is 18.9 Å². The van der Waals surface area contributed by atoms with Crippen molar-refractivity contribution in [1.82, 2.24) is 0 Å². The maximum Gasteiger partial charge on any atom is 0.184 e. The molecule has 0 amide bonds. The Kier molecular flexibility index (Phi) is 2.43. The van der Waals surface area contributed by atoms with Crippen LogP contribution < -0.4 is 10.6 Å². The molecule has 0 unspecified atom stereocenters. The average Bonchev–Trinajstić information content (AvgIpc) is 2.36. The third kappa shape index (κ3) is 1.74. The Hall–Kier alpha value is -1.36. The van der Waals surface area contributed by atoms with E-state index in [0.29, 0.717) is 25.4 Å². The standard InChI is InChI=1S/C12H14F2N2O/c13-8-1-2-9-11(10(8)14)16-12(7-15-9)3-5-17-6-4-12/h1-2,15-16H,3-7H2. The first-order valence-electron chi connectivity index (χ1n) is 5.78. The van der Waals surface area contributed by atoms with Gasteiger partial charge in [0.15, 0.2) is 11.6 Å². The van der Waals surface area contributed by atoms with Crippen molar-refractivity contribution in [3.8, 4) is 0 Å². The van der Waals surface area contributed by atoms with E-state index >= 15 is 0 Å². The van der Waals surface area contributed by atoms with Gasteiger partial charge in [-0.25, -0.2) is 8.78 Å². The molecule has 0 bridgehead atoms. The molecule has 0 atom stereocenters. The topological polar surface area (TPSA) is 33.3 Å². The summed E-state index contributed by atoms with van der Waals surface area (Å²) in [5, 5.41) is 6.33. The van der Waals surface area contributed by atoms with Crippen LogP contribution in [0.1, 0.15) is 12.8 Å². The van der Waals surface area contributed by atoms with Crippen molar-refractivity contribution in [3.05, 3.63) is 23.8 Å². The minimum atomic E-state index is -0.817. The molecule has 2 aliphatic heterocycles. The van der Waals surface area contributed by atoms with Gasteiger partial charge in [0.25, 0.3) is 0 Å². The number of rotatable bonds is 0. The zero-order valence-electron chi connectivity index (χ0n) is 9.35. The Bertz CT molecular complexity index is 444. The Labute approximate surface area is 98.2 Å². The number of halogens is 2. The number of hydrogen-bond donors (Lipinski definition) is 2. The van der Waals surface area contributed by atoms with Gasteiger partial charge in [0.05, 0.1) is 16.9 Å². The van der Waals surface area contributed by atoms with Gasteiger partial charge in [0.1, 0.15) is 0 Å². The quantitative estimate of drug-likeness (QED) is 0.730. The molecule has 3 nitrogen and oxygen atoms in total. The van der Waals surface area contributed by atoms with Gasteiger partial charge in [-0.3, -0.25) is 0 Å². The monoisotopic (exact) mass is 240 g/mol. The summed E-state index contributed by atoms with van der Waals surface area (Å²) in [5.74, 6) is -1.62. The van der Waals surface area contributed by atoms with E-state index in [4.69, 9.17) is 4.74 Å². The van der Waals surface area contributed by atoms with E-state index in [9.17, 15) is 8.78 Å². The van der Waals surface area contributed by atoms with Crippen molar-refractivity contribution < 1.29 is 13.5 Å². The summed E-state index contributed by atoms with van der Waals surface area (Å²) in [4.78, 5) is 0. The largest absolute Gasteiger partial charge is 0.381 e. The average molecular weight is 240 g/mol. The van der Waals surface area contributed by atoms with Crippen LogP contribution in [-0.4, -0.2) is 25.3 Å². The van der Waals surface area contributed by atoms with Crippen LogP contribution in [0.3, 0.4) is 0 Å². The highest BCUT2D eigenvalue weighted by atomic mass is 19.2. The first kappa shape index (κ1) is 10.8. The number of anilines is 2. The fourth-order valence-electron chi connectivity index (χ4n) is 2.46. The van der Waals surface area contributed by atoms with E-state index in [1.165, 1.54) is 0 Å². The summed E-state index contributed by atoms with van der Waals surface area (Å²) in [5.41, 5.74) is 0.666. The third-order valence-corrected chi connectivity index (χ3v) is 3.55. The zero-order chi connectivity index (χ0) is 11.9. The van der Waals surface area contributed by atoms with E-state index in [-0.39, 0.29) is 11.2 Å². The molecule has 3 rings (SSSR count). The van der Waals surface area contributed by atoms with E-state index in [2.05, 4.69) is 10.6 Å². The maximum atomic E-state index is 13.7. The lowest BCUT2D eigenvalue weighted by atomic mass is 9.87. The van der Waals surface area contributed by atoms with Gasteiger partial charge in [0.2, 0.25) is 0 Å². The molecule has 17 heavy (non-hydrogen) atoms. The number of hydrogen-bond acceptors (Lipinski definition) is 3. The second-order valence-corrected chi connectivity index (χ2v) is 4.66. The molecule has 1 fully saturated rings. The lowest BCUT2D eigenvalue weighted by Crippen LogP contribution is -2.51. The Morgan fingerprint density at radius 1 is 1.18 bits per heavy atom. The summed E-state index contributed by atoms with van der Waals surface area (Å²) in [7, 11) is 0. The number of fused-ring (bicyclic) bond motifs is 1. The normalized spacial score (nSPS) is 21.5. The maximum absolute atomic E-state index is 13.7. The van der Waals surface area contributed by atoms with Crippen molar-refractivity contribution in [2.24, 2.45) is 0 Å². The van der Waals surface area contributed by atoms with Crippen LogP contribution in [0.5, 0.6) is 0 Å². The van der Waals surface area contributed by atoms with Gasteiger partial charge in [-0.05, 0) is 25.0 Å². The van der Waals surface area contributed by atoms with E-state index in [1.54, 1.807) is 6.07 Å². The fourth-order valence-corrected chi connectivity index (χ4v) is 2.46. The smallest absolute Gasteiger partial charge is 0.184 e. The van der Waals surface area contributed by atoms with Gasteiger partial charge in [0, 0.05) is 19.8 Å². The molecule has 2 heterocycles. The predicted octanol–water partition coefficient (Wildman–Crippen LogP) is 2.35. The highest BCUT2D eigenvalue weighted by molar-refractivity contribution is 5.73. The van der Waals surface area contributed by atoms with E-state index < -0.39 is 11.6 Å². The molecule has 1 aromatic rings. The molecule has 0 aliphatic carbocycles. The first-order chi connectivity index (χ1) is 8.20. The minimum Gasteiger partial charge on any atom is -0.381 e. The summed E-state index contributed by atoms with van der Waals surface area (Å²) < 4.78 is 32.2. The molecule has 1 spiro atoms. The zero-order valence-corrected chi connectivity index (χ0v) is 9.35. The van der Waals surface area contributed by atoms with E-state index in [1.807, 2.05) is 0 Å². The van der Waals surface area contributed by atoms with Crippen molar-refractivity contribution >= 4 is 11.4 Å². The van der Waals surface area contributed by atoms with Crippen molar-refractivity contribution in [2.75, 3.05) is 30.4 Å². The second-order valence-electron chi connectivity index (χ2n) is 4.66. The Morgan fingerprint density at radius 3 is 2.71 bits per heavy atom. The van der Waals surface area contributed by atoms with Crippen LogP contribution in [0.15, 0.2) is 12.1 Å². The van der Waals surface area contributed by atoms with Crippen LogP contribution in [0.2, 0.25) is 0 Å². The lowest BCUT2D eigenvalue weighted by Gasteiger charge is -2.43. The van der Waals surface area contributed by atoms with Gasteiger partial charge in [-0.2, -0.15) is 0 Å². The van der Waals surface area contributed by atoms with Crippen LogP contribution in [0.25, 0.3) is 0 Å². The number of benzene rings is 1. The predicted molar refractivity (Wildman–Crippen MR) is 61.3 cm³/mol. The first-order valence-corrected chi connectivity index (χ1v) is 5.78. The van der Waals surface area contributed by atoms with Crippen molar-refractivity contribution in [2.45, 2.75) is 18.4 Å². The molecule has 1 aromatic carbocycles. The van der Waals surface area contributed by atoms with Gasteiger partial charge in [-0.15, -0.1) is 0 Å². The minimum absolute atomic E-state index is 0.208. The molecular formula is C12H14F2N2O. The molecule has 0 saturated carbocycles. The van der Waals surface area contributed by atoms with Crippen LogP contribution in [0, 0.1) is 11.6 Å². The van der Waals surface area contributed by atoms with Crippen LogP contribution in [-0.2, 0) is 4.74 Å². The van der Waals surface area contributed by atoms with Crippen LogP contribution >= 0.6 is 0 Å². The molecule has 2 N–H and O–H groups in total. The van der Waals surface area contributed by atoms with Crippen LogP contribution in [0.4, 0.5) is 20.2 Å². The van der Waals surface area contributed by atoms with Crippen molar-refractivity contribution in [3.63, 3.8) is 0 Å². The molecule has 0 aromatic heterocycles. The van der Waals surface area contributed by atoms with Gasteiger partial charge in [-0.1, -0.05) is 0 Å². The lowest BCUT2D eigenvalue weighted by molar-refractivity contribution is 0.0633. The molecule has 5 heteroatoms.